The minimum atomic E-state index is -0.222. The number of aromatic nitrogens is 1. The molecule has 18 heavy (non-hydrogen) atoms. The SMILES string of the molecule is CC(C)N(CC1CCNCC1)c1ncccc1F. The molecule has 1 aliphatic rings. The maximum atomic E-state index is 13.8. The van der Waals surface area contributed by atoms with Crippen LogP contribution < -0.4 is 10.2 Å². The molecule has 0 aromatic carbocycles. The summed E-state index contributed by atoms with van der Waals surface area (Å²) in [6, 6.07) is 3.39. The lowest BCUT2D eigenvalue weighted by Gasteiger charge is -2.33. The minimum Gasteiger partial charge on any atom is -0.351 e. The van der Waals surface area contributed by atoms with Crippen molar-refractivity contribution in [3.8, 4) is 0 Å². The summed E-state index contributed by atoms with van der Waals surface area (Å²) >= 11 is 0. The zero-order valence-corrected chi connectivity index (χ0v) is 11.2. The Morgan fingerprint density at radius 3 is 2.78 bits per heavy atom. The van der Waals surface area contributed by atoms with Gasteiger partial charge in [0.25, 0.3) is 0 Å². The zero-order valence-electron chi connectivity index (χ0n) is 11.2. The van der Waals surface area contributed by atoms with Crippen molar-refractivity contribution in [3.63, 3.8) is 0 Å². The third kappa shape index (κ3) is 3.19. The van der Waals surface area contributed by atoms with Crippen molar-refractivity contribution in [1.82, 2.24) is 10.3 Å². The number of hydrogen-bond acceptors (Lipinski definition) is 3. The van der Waals surface area contributed by atoms with Crippen LogP contribution >= 0.6 is 0 Å². The standard InChI is InChI=1S/C14H22FN3/c1-11(2)18(10-12-5-8-16-9-6-12)14-13(15)4-3-7-17-14/h3-4,7,11-12,16H,5-6,8-10H2,1-2H3. The Morgan fingerprint density at radius 2 is 2.17 bits per heavy atom. The monoisotopic (exact) mass is 251 g/mol. The molecule has 1 N–H and O–H groups in total. The number of piperidine rings is 1. The van der Waals surface area contributed by atoms with Crippen molar-refractivity contribution >= 4 is 5.82 Å². The van der Waals surface area contributed by atoms with Crippen molar-refractivity contribution in [3.05, 3.63) is 24.1 Å². The van der Waals surface area contributed by atoms with Crippen LogP contribution in [0, 0.1) is 11.7 Å². The molecule has 1 aromatic heterocycles. The molecule has 0 aliphatic carbocycles. The van der Waals surface area contributed by atoms with Gasteiger partial charge >= 0.3 is 0 Å². The molecule has 0 spiro atoms. The molecule has 0 saturated carbocycles. The van der Waals surface area contributed by atoms with Crippen LogP contribution in [0.15, 0.2) is 18.3 Å². The molecule has 0 radical (unpaired) electrons. The Labute approximate surface area is 108 Å². The second-order valence-electron chi connectivity index (χ2n) is 5.25. The first kappa shape index (κ1) is 13.3. The molecule has 0 atom stereocenters. The largest absolute Gasteiger partial charge is 0.351 e. The molecular weight excluding hydrogens is 229 g/mol. The van der Waals surface area contributed by atoms with Gasteiger partial charge in [0.05, 0.1) is 0 Å². The predicted molar refractivity (Wildman–Crippen MR) is 72.3 cm³/mol. The highest BCUT2D eigenvalue weighted by atomic mass is 19.1. The molecule has 0 unspecified atom stereocenters. The second-order valence-corrected chi connectivity index (χ2v) is 5.25. The molecule has 1 aliphatic heterocycles. The van der Waals surface area contributed by atoms with Gasteiger partial charge in [-0.2, -0.15) is 0 Å². The van der Waals surface area contributed by atoms with E-state index in [9.17, 15) is 4.39 Å². The first-order chi connectivity index (χ1) is 8.68. The minimum absolute atomic E-state index is 0.222. The van der Waals surface area contributed by atoms with Crippen LogP contribution in [-0.4, -0.2) is 30.7 Å². The lowest BCUT2D eigenvalue weighted by Crippen LogP contribution is -2.40. The fraction of sp³-hybridized carbons (Fsp3) is 0.643. The number of pyridine rings is 1. The number of rotatable bonds is 4. The molecule has 4 heteroatoms. The number of nitrogens with one attached hydrogen (secondary N) is 1. The Kier molecular flexibility index (Phi) is 4.53. The average molecular weight is 251 g/mol. The maximum Gasteiger partial charge on any atom is 0.165 e. The maximum absolute atomic E-state index is 13.8. The van der Waals surface area contributed by atoms with Gasteiger partial charge in [-0.25, -0.2) is 9.37 Å². The summed E-state index contributed by atoms with van der Waals surface area (Å²) in [6.45, 7) is 7.22. The van der Waals surface area contributed by atoms with Crippen LogP contribution in [0.5, 0.6) is 0 Å². The van der Waals surface area contributed by atoms with Gasteiger partial charge in [-0.05, 0) is 57.8 Å². The summed E-state index contributed by atoms with van der Waals surface area (Å²) in [5.41, 5.74) is 0. The Hall–Kier alpha value is -1.16. The molecule has 0 bridgehead atoms. The number of nitrogens with zero attached hydrogens (tertiary/aromatic N) is 2. The summed E-state index contributed by atoms with van der Waals surface area (Å²) in [6.07, 6.45) is 3.99. The zero-order chi connectivity index (χ0) is 13.0. The van der Waals surface area contributed by atoms with E-state index in [1.165, 1.54) is 6.07 Å². The third-order valence-electron chi connectivity index (χ3n) is 3.55. The topological polar surface area (TPSA) is 28.2 Å². The second kappa shape index (κ2) is 6.14. The van der Waals surface area contributed by atoms with E-state index in [-0.39, 0.29) is 11.9 Å². The molecular formula is C14H22FN3. The van der Waals surface area contributed by atoms with Crippen LogP contribution in [0.2, 0.25) is 0 Å². The number of anilines is 1. The van der Waals surface area contributed by atoms with E-state index in [0.717, 1.165) is 32.5 Å². The van der Waals surface area contributed by atoms with Crippen molar-refractivity contribution in [2.45, 2.75) is 32.7 Å². The summed E-state index contributed by atoms with van der Waals surface area (Å²) in [7, 11) is 0. The first-order valence-corrected chi connectivity index (χ1v) is 6.76. The van der Waals surface area contributed by atoms with Crippen LogP contribution in [0.1, 0.15) is 26.7 Å². The van der Waals surface area contributed by atoms with Crippen LogP contribution in [0.3, 0.4) is 0 Å². The molecule has 2 heterocycles. The summed E-state index contributed by atoms with van der Waals surface area (Å²) in [5.74, 6) is 0.904. The van der Waals surface area contributed by atoms with E-state index in [1.54, 1.807) is 12.3 Å². The van der Waals surface area contributed by atoms with E-state index in [0.29, 0.717) is 11.7 Å². The predicted octanol–water partition coefficient (Wildman–Crippen LogP) is 2.44. The molecule has 2 rings (SSSR count). The van der Waals surface area contributed by atoms with Gasteiger partial charge in [-0.15, -0.1) is 0 Å². The normalized spacial score (nSPS) is 17.1. The molecule has 3 nitrogen and oxygen atoms in total. The van der Waals surface area contributed by atoms with E-state index in [4.69, 9.17) is 0 Å². The number of hydrogen-bond donors (Lipinski definition) is 1. The van der Waals surface area contributed by atoms with Crippen LogP contribution in [-0.2, 0) is 0 Å². The van der Waals surface area contributed by atoms with Gasteiger partial charge in [0, 0.05) is 18.8 Å². The number of halogens is 1. The highest BCUT2D eigenvalue weighted by Gasteiger charge is 2.21. The van der Waals surface area contributed by atoms with E-state index in [1.807, 2.05) is 0 Å². The van der Waals surface area contributed by atoms with Gasteiger partial charge in [0.15, 0.2) is 11.6 Å². The third-order valence-corrected chi connectivity index (χ3v) is 3.55. The fourth-order valence-corrected chi connectivity index (χ4v) is 2.47. The summed E-state index contributed by atoms with van der Waals surface area (Å²) < 4.78 is 13.8. The van der Waals surface area contributed by atoms with Gasteiger partial charge in [-0.3, -0.25) is 0 Å². The quantitative estimate of drug-likeness (QED) is 0.891. The lowest BCUT2D eigenvalue weighted by atomic mass is 9.97. The Morgan fingerprint density at radius 1 is 1.44 bits per heavy atom. The van der Waals surface area contributed by atoms with Gasteiger partial charge in [0.1, 0.15) is 0 Å². The summed E-state index contributed by atoms with van der Waals surface area (Å²) in [4.78, 5) is 6.29. The summed E-state index contributed by atoms with van der Waals surface area (Å²) in [5, 5.41) is 3.36. The average Bonchev–Trinajstić information content (AvgIpc) is 2.38. The van der Waals surface area contributed by atoms with E-state index in [2.05, 4.69) is 29.0 Å². The first-order valence-electron chi connectivity index (χ1n) is 6.76. The molecule has 1 aromatic rings. The highest BCUT2D eigenvalue weighted by Crippen LogP contribution is 2.22. The van der Waals surface area contributed by atoms with Gasteiger partial charge < -0.3 is 10.2 Å². The highest BCUT2D eigenvalue weighted by molar-refractivity contribution is 5.40. The lowest BCUT2D eigenvalue weighted by molar-refractivity contribution is 0.365. The van der Waals surface area contributed by atoms with E-state index < -0.39 is 0 Å². The van der Waals surface area contributed by atoms with Crippen molar-refractivity contribution in [1.29, 1.82) is 0 Å². The molecule has 100 valence electrons. The molecule has 1 saturated heterocycles. The van der Waals surface area contributed by atoms with Crippen molar-refractivity contribution in [2.24, 2.45) is 5.92 Å². The van der Waals surface area contributed by atoms with Gasteiger partial charge in [-0.1, -0.05) is 0 Å². The Balaban J connectivity index is 2.10. The van der Waals surface area contributed by atoms with Crippen LogP contribution in [0.25, 0.3) is 0 Å². The Bertz CT molecular complexity index is 375. The van der Waals surface area contributed by atoms with Crippen molar-refractivity contribution in [2.75, 3.05) is 24.5 Å². The van der Waals surface area contributed by atoms with Crippen LogP contribution in [0.4, 0.5) is 10.2 Å². The van der Waals surface area contributed by atoms with E-state index >= 15 is 0 Å². The molecule has 1 fully saturated rings. The van der Waals surface area contributed by atoms with Gasteiger partial charge in [0.2, 0.25) is 0 Å². The van der Waals surface area contributed by atoms with Crippen molar-refractivity contribution < 1.29 is 4.39 Å². The fourth-order valence-electron chi connectivity index (χ4n) is 2.47. The molecule has 0 amide bonds. The smallest absolute Gasteiger partial charge is 0.165 e.